The first-order chi connectivity index (χ1) is 12.3. The number of thioether (sulfide) groups is 1. The molecule has 5 heteroatoms. The van der Waals surface area contributed by atoms with E-state index in [1.165, 1.54) is 16.7 Å². The number of benzene rings is 2. The van der Waals surface area contributed by atoms with Crippen LogP contribution in [0.25, 0.3) is 0 Å². The summed E-state index contributed by atoms with van der Waals surface area (Å²) in [4.78, 5) is 0. The zero-order chi connectivity index (χ0) is 17.7. The molecule has 134 valence electrons. The van der Waals surface area contributed by atoms with Gasteiger partial charge in [0.25, 0.3) is 0 Å². The first-order valence-electron chi connectivity index (χ1n) is 8.48. The van der Waals surface area contributed by atoms with E-state index < -0.39 is 0 Å². The van der Waals surface area contributed by atoms with Crippen LogP contribution in [-0.4, -0.2) is 23.7 Å². The first kappa shape index (κ1) is 19.8. The van der Waals surface area contributed by atoms with Crippen LogP contribution in [0.4, 0.5) is 0 Å². The van der Waals surface area contributed by atoms with Crippen molar-refractivity contribution in [2.75, 3.05) is 18.6 Å². The molecular weight excluding hydrogens is 348 g/mol. The zero-order valence-electron chi connectivity index (χ0n) is 14.7. The third kappa shape index (κ3) is 8.38. The molecule has 0 aromatic heterocycles. The van der Waals surface area contributed by atoms with Gasteiger partial charge in [-0.25, -0.2) is 0 Å². The molecule has 2 N–H and O–H groups in total. The Morgan fingerprint density at radius 3 is 2.24 bits per heavy atom. The van der Waals surface area contributed by atoms with Crippen molar-refractivity contribution in [3.05, 3.63) is 71.3 Å². The number of nitrogens with one attached hydrogen (secondary N) is 2. The van der Waals surface area contributed by atoms with Crippen molar-refractivity contribution >= 4 is 29.1 Å². The largest absolute Gasteiger partial charge is 0.372 e. The van der Waals surface area contributed by atoms with Crippen LogP contribution in [0.5, 0.6) is 0 Å². The van der Waals surface area contributed by atoms with Crippen molar-refractivity contribution in [3.8, 4) is 0 Å². The van der Waals surface area contributed by atoms with E-state index >= 15 is 0 Å². The highest BCUT2D eigenvalue weighted by atomic mass is 32.2. The Bertz CT molecular complexity index is 617. The molecule has 0 aliphatic heterocycles. The van der Waals surface area contributed by atoms with Gasteiger partial charge in [0, 0.05) is 13.1 Å². The van der Waals surface area contributed by atoms with Gasteiger partial charge in [-0.1, -0.05) is 54.6 Å². The fraction of sp³-hybridized carbons (Fsp3) is 0.350. The van der Waals surface area contributed by atoms with E-state index in [0.717, 1.165) is 30.4 Å². The Balaban J connectivity index is 1.64. The van der Waals surface area contributed by atoms with E-state index in [0.29, 0.717) is 13.2 Å². The van der Waals surface area contributed by atoms with Gasteiger partial charge in [-0.15, -0.1) is 0 Å². The molecular formula is C20H26N2OS2. The van der Waals surface area contributed by atoms with Crippen LogP contribution in [-0.2, 0) is 24.5 Å². The molecule has 2 aromatic rings. The van der Waals surface area contributed by atoms with Crippen molar-refractivity contribution in [1.82, 2.24) is 10.6 Å². The molecule has 0 amide bonds. The van der Waals surface area contributed by atoms with E-state index in [9.17, 15) is 0 Å². The van der Waals surface area contributed by atoms with Crippen LogP contribution < -0.4 is 10.6 Å². The normalized spacial score (nSPS) is 10.4. The lowest BCUT2D eigenvalue weighted by Crippen LogP contribution is -2.35. The summed E-state index contributed by atoms with van der Waals surface area (Å²) < 4.78 is 5.76. The van der Waals surface area contributed by atoms with Gasteiger partial charge in [-0.3, -0.25) is 0 Å². The summed E-state index contributed by atoms with van der Waals surface area (Å²) in [7, 11) is 0. The van der Waals surface area contributed by atoms with Crippen LogP contribution in [0.15, 0.2) is 54.6 Å². The molecule has 2 aromatic carbocycles. The van der Waals surface area contributed by atoms with Gasteiger partial charge in [-0.05, 0) is 47.3 Å². The molecule has 3 nitrogen and oxygen atoms in total. The highest BCUT2D eigenvalue weighted by molar-refractivity contribution is 7.98. The molecule has 0 radical (unpaired) electrons. The number of hydrogen-bond acceptors (Lipinski definition) is 3. The molecule has 25 heavy (non-hydrogen) atoms. The number of rotatable bonds is 10. The Kier molecular flexibility index (Phi) is 9.41. The Labute approximate surface area is 160 Å². The second kappa shape index (κ2) is 11.9. The van der Waals surface area contributed by atoms with E-state index in [-0.39, 0.29) is 0 Å². The summed E-state index contributed by atoms with van der Waals surface area (Å²) in [6.45, 7) is 2.92. The summed E-state index contributed by atoms with van der Waals surface area (Å²) in [6, 6.07) is 18.7. The lowest BCUT2D eigenvalue weighted by molar-refractivity contribution is 0.107. The third-order valence-electron chi connectivity index (χ3n) is 3.67. The summed E-state index contributed by atoms with van der Waals surface area (Å²) in [5, 5.41) is 7.19. The predicted molar refractivity (Wildman–Crippen MR) is 112 cm³/mol. The highest BCUT2D eigenvalue weighted by Gasteiger charge is 1.99. The van der Waals surface area contributed by atoms with Gasteiger partial charge in [0.1, 0.15) is 0 Å². The minimum absolute atomic E-state index is 0.623. The molecule has 0 aliphatic carbocycles. The molecule has 0 aliphatic rings. The van der Waals surface area contributed by atoms with E-state index in [1.807, 2.05) is 30.0 Å². The second-order valence-corrected chi connectivity index (χ2v) is 7.14. The Morgan fingerprint density at radius 1 is 0.920 bits per heavy atom. The molecule has 0 atom stereocenters. The molecule has 0 saturated carbocycles. The van der Waals surface area contributed by atoms with E-state index in [1.54, 1.807) is 0 Å². The van der Waals surface area contributed by atoms with Gasteiger partial charge < -0.3 is 15.4 Å². The molecule has 2 rings (SSSR count). The number of hydrogen-bond donors (Lipinski definition) is 2. The van der Waals surface area contributed by atoms with Crippen molar-refractivity contribution in [3.63, 3.8) is 0 Å². The van der Waals surface area contributed by atoms with Gasteiger partial charge in [-0.2, -0.15) is 11.8 Å². The van der Waals surface area contributed by atoms with Gasteiger partial charge in [0.2, 0.25) is 0 Å². The summed E-state index contributed by atoms with van der Waals surface area (Å²) in [6.07, 6.45) is 3.24. The highest BCUT2D eigenvalue weighted by Crippen LogP contribution is 2.08. The zero-order valence-corrected chi connectivity index (χ0v) is 16.3. The molecule has 0 unspecified atom stereocenters. The Hall–Kier alpha value is -1.56. The lowest BCUT2D eigenvalue weighted by Gasteiger charge is -2.11. The van der Waals surface area contributed by atoms with Gasteiger partial charge in [0.15, 0.2) is 5.11 Å². The monoisotopic (exact) mass is 374 g/mol. The maximum Gasteiger partial charge on any atom is 0.166 e. The lowest BCUT2D eigenvalue weighted by atomic mass is 10.1. The summed E-state index contributed by atoms with van der Waals surface area (Å²) in [5.74, 6) is 1.16. The van der Waals surface area contributed by atoms with Crippen LogP contribution >= 0.6 is 24.0 Å². The van der Waals surface area contributed by atoms with E-state index in [4.69, 9.17) is 17.0 Å². The molecule has 0 spiro atoms. The van der Waals surface area contributed by atoms with E-state index in [2.05, 4.69) is 53.3 Å². The summed E-state index contributed by atoms with van der Waals surface area (Å²) >= 11 is 7.14. The second-order valence-electron chi connectivity index (χ2n) is 5.75. The number of ether oxygens (including phenoxy) is 1. The first-order valence-corrected chi connectivity index (χ1v) is 10.3. The fourth-order valence-corrected chi connectivity index (χ4v) is 2.88. The maximum absolute atomic E-state index is 5.76. The SMILES string of the molecule is CSCCCNC(=S)NCc1ccc(COCc2ccccc2)cc1. The fourth-order valence-electron chi connectivity index (χ4n) is 2.28. The third-order valence-corrected chi connectivity index (χ3v) is 4.65. The average Bonchev–Trinajstić information content (AvgIpc) is 2.65. The topological polar surface area (TPSA) is 33.3 Å². The van der Waals surface area contributed by atoms with Gasteiger partial charge in [0.05, 0.1) is 13.2 Å². The van der Waals surface area contributed by atoms with Crippen molar-refractivity contribution < 1.29 is 4.74 Å². The van der Waals surface area contributed by atoms with Crippen LogP contribution in [0.3, 0.4) is 0 Å². The smallest absolute Gasteiger partial charge is 0.166 e. The Morgan fingerprint density at radius 2 is 1.56 bits per heavy atom. The van der Waals surface area contributed by atoms with Crippen molar-refractivity contribution in [2.45, 2.75) is 26.2 Å². The van der Waals surface area contributed by atoms with Gasteiger partial charge >= 0.3 is 0 Å². The standard InChI is InChI=1S/C20H26N2OS2/c1-25-13-5-12-21-20(24)22-14-17-8-10-19(11-9-17)16-23-15-18-6-3-2-4-7-18/h2-4,6-11H,5,12-16H2,1H3,(H2,21,22,24). The van der Waals surface area contributed by atoms with Crippen molar-refractivity contribution in [2.24, 2.45) is 0 Å². The molecule has 0 fully saturated rings. The quantitative estimate of drug-likeness (QED) is 0.483. The minimum atomic E-state index is 0.623. The predicted octanol–water partition coefficient (Wildman–Crippen LogP) is 4.12. The molecule has 0 bridgehead atoms. The molecule has 0 saturated heterocycles. The van der Waals surface area contributed by atoms with Crippen molar-refractivity contribution in [1.29, 1.82) is 0 Å². The number of thiocarbonyl (C=S) groups is 1. The van der Waals surface area contributed by atoms with Crippen LogP contribution in [0.2, 0.25) is 0 Å². The maximum atomic E-state index is 5.76. The molecule has 0 heterocycles. The van der Waals surface area contributed by atoms with Crippen LogP contribution in [0, 0.1) is 0 Å². The average molecular weight is 375 g/mol. The summed E-state index contributed by atoms with van der Waals surface area (Å²) in [5.41, 5.74) is 3.58. The minimum Gasteiger partial charge on any atom is -0.372 e. The van der Waals surface area contributed by atoms with Crippen LogP contribution in [0.1, 0.15) is 23.1 Å².